The Morgan fingerprint density at radius 1 is 1.71 bits per heavy atom. The molecule has 0 amide bonds. The van der Waals surface area contributed by atoms with Crippen molar-refractivity contribution in [2.24, 2.45) is 0 Å². The van der Waals surface area contributed by atoms with E-state index in [-0.39, 0.29) is 18.5 Å². The number of thiophene rings is 1. The maximum absolute atomic E-state index is 12.0. The summed E-state index contributed by atoms with van der Waals surface area (Å²) in [5, 5.41) is 10.9. The van der Waals surface area contributed by atoms with Crippen LogP contribution in [0, 0.1) is 0 Å². The second-order valence-electron chi connectivity index (χ2n) is 3.93. The average molecular weight is 320 g/mol. The molecule has 2 heterocycles. The molecule has 1 N–H and O–H groups in total. The number of Topliss-reactive ketones (excluding diaryl/α,β-unsaturated/α-hetero) is 1. The second kappa shape index (κ2) is 6.06. The van der Waals surface area contributed by atoms with Crippen molar-refractivity contribution in [2.75, 3.05) is 32.8 Å². The molecule has 0 spiro atoms. The van der Waals surface area contributed by atoms with E-state index in [1.807, 2.05) is 16.3 Å². The van der Waals surface area contributed by atoms with Gasteiger partial charge in [-0.05, 0) is 27.4 Å². The Kier molecular flexibility index (Phi) is 4.69. The molecule has 1 aliphatic heterocycles. The van der Waals surface area contributed by atoms with E-state index in [2.05, 4.69) is 15.9 Å². The summed E-state index contributed by atoms with van der Waals surface area (Å²) < 4.78 is 6.20. The van der Waals surface area contributed by atoms with Gasteiger partial charge in [-0.25, -0.2) is 0 Å². The van der Waals surface area contributed by atoms with Crippen molar-refractivity contribution in [1.82, 2.24) is 4.90 Å². The van der Waals surface area contributed by atoms with Crippen LogP contribution in [0.2, 0.25) is 0 Å². The fourth-order valence-corrected chi connectivity index (χ4v) is 3.33. The van der Waals surface area contributed by atoms with Crippen molar-refractivity contribution in [3.8, 4) is 0 Å². The minimum Gasteiger partial charge on any atom is -0.394 e. The molecule has 0 aliphatic carbocycles. The fourth-order valence-electron chi connectivity index (χ4n) is 1.80. The van der Waals surface area contributed by atoms with Crippen molar-refractivity contribution in [2.45, 2.75) is 6.10 Å². The van der Waals surface area contributed by atoms with Gasteiger partial charge in [-0.3, -0.25) is 9.69 Å². The van der Waals surface area contributed by atoms with E-state index in [1.54, 1.807) is 0 Å². The monoisotopic (exact) mass is 319 g/mol. The lowest BCUT2D eigenvalue weighted by atomic mass is 10.2. The van der Waals surface area contributed by atoms with Gasteiger partial charge in [0.05, 0.1) is 30.7 Å². The van der Waals surface area contributed by atoms with E-state index in [0.717, 1.165) is 15.9 Å². The zero-order valence-corrected chi connectivity index (χ0v) is 11.7. The molecule has 2 rings (SSSR count). The first kappa shape index (κ1) is 13.2. The third-order valence-electron chi connectivity index (χ3n) is 2.66. The number of aliphatic hydroxyl groups is 1. The lowest BCUT2D eigenvalue weighted by Gasteiger charge is -2.31. The molecule has 4 nitrogen and oxygen atoms in total. The largest absolute Gasteiger partial charge is 0.394 e. The molecule has 94 valence electrons. The van der Waals surface area contributed by atoms with Gasteiger partial charge in [0, 0.05) is 17.6 Å². The summed E-state index contributed by atoms with van der Waals surface area (Å²) in [6.45, 7) is 2.33. The highest BCUT2D eigenvalue weighted by Crippen LogP contribution is 2.23. The molecular weight excluding hydrogens is 306 g/mol. The Morgan fingerprint density at radius 2 is 2.53 bits per heavy atom. The third kappa shape index (κ3) is 3.35. The minimum absolute atomic E-state index is 0.00733. The van der Waals surface area contributed by atoms with Gasteiger partial charge in [-0.2, -0.15) is 0 Å². The van der Waals surface area contributed by atoms with Crippen molar-refractivity contribution >= 4 is 33.0 Å². The van der Waals surface area contributed by atoms with E-state index >= 15 is 0 Å². The van der Waals surface area contributed by atoms with Crippen LogP contribution in [0.25, 0.3) is 0 Å². The molecule has 1 aliphatic rings. The summed E-state index contributed by atoms with van der Waals surface area (Å²) in [5.74, 6) is 0.116. The molecule has 1 aromatic heterocycles. The molecule has 17 heavy (non-hydrogen) atoms. The highest BCUT2D eigenvalue weighted by atomic mass is 79.9. The molecule has 1 aromatic rings. The molecule has 0 bridgehead atoms. The van der Waals surface area contributed by atoms with Crippen LogP contribution in [0.1, 0.15) is 9.67 Å². The van der Waals surface area contributed by atoms with Gasteiger partial charge in [0.15, 0.2) is 5.78 Å². The maximum Gasteiger partial charge on any atom is 0.187 e. The fraction of sp³-hybridized carbons (Fsp3) is 0.545. The van der Waals surface area contributed by atoms with Crippen LogP contribution in [0.4, 0.5) is 0 Å². The first-order chi connectivity index (χ1) is 8.20. The lowest BCUT2D eigenvalue weighted by molar-refractivity contribution is -0.0503. The van der Waals surface area contributed by atoms with Gasteiger partial charge in [-0.15, -0.1) is 11.3 Å². The second-order valence-corrected chi connectivity index (χ2v) is 5.70. The molecule has 1 atom stereocenters. The van der Waals surface area contributed by atoms with Crippen molar-refractivity contribution in [3.05, 3.63) is 20.8 Å². The van der Waals surface area contributed by atoms with E-state index in [1.165, 1.54) is 11.3 Å². The van der Waals surface area contributed by atoms with Gasteiger partial charge in [0.1, 0.15) is 0 Å². The third-order valence-corrected chi connectivity index (χ3v) is 4.54. The average Bonchev–Trinajstić information content (AvgIpc) is 2.76. The highest BCUT2D eigenvalue weighted by Gasteiger charge is 2.22. The van der Waals surface area contributed by atoms with Gasteiger partial charge in [0.25, 0.3) is 0 Å². The van der Waals surface area contributed by atoms with E-state index in [4.69, 9.17) is 9.84 Å². The lowest BCUT2D eigenvalue weighted by Crippen LogP contribution is -2.45. The Hall–Kier alpha value is -0.270. The maximum atomic E-state index is 12.0. The van der Waals surface area contributed by atoms with Gasteiger partial charge in [0.2, 0.25) is 0 Å². The topological polar surface area (TPSA) is 49.8 Å². The van der Waals surface area contributed by atoms with E-state index < -0.39 is 0 Å². The van der Waals surface area contributed by atoms with Crippen LogP contribution < -0.4 is 0 Å². The molecule has 0 aromatic carbocycles. The predicted octanol–water partition coefficient (Wildman–Crippen LogP) is 1.39. The number of aliphatic hydroxyl groups excluding tert-OH is 1. The first-order valence-electron chi connectivity index (χ1n) is 5.41. The molecule has 1 fully saturated rings. The predicted molar refractivity (Wildman–Crippen MR) is 69.6 cm³/mol. The van der Waals surface area contributed by atoms with Gasteiger partial charge >= 0.3 is 0 Å². The van der Waals surface area contributed by atoms with E-state index in [9.17, 15) is 4.79 Å². The summed E-state index contributed by atoms with van der Waals surface area (Å²) in [7, 11) is 0. The number of carbonyl (C=O) groups is 1. The first-order valence-corrected chi connectivity index (χ1v) is 7.09. The summed E-state index contributed by atoms with van der Waals surface area (Å²) >= 11 is 4.81. The van der Waals surface area contributed by atoms with Crippen LogP contribution in [-0.4, -0.2) is 54.7 Å². The zero-order valence-electron chi connectivity index (χ0n) is 9.26. The summed E-state index contributed by atoms with van der Waals surface area (Å²) in [6.07, 6.45) is -0.164. The van der Waals surface area contributed by atoms with E-state index in [0.29, 0.717) is 19.7 Å². The SMILES string of the molecule is O=C(CN1CCOC(CO)C1)c1sccc1Br. The summed E-state index contributed by atoms with van der Waals surface area (Å²) in [5.41, 5.74) is 0. The van der Waals surface area contributed by atoms with Crippen molar-refractivity contribution in [3.63, 3.8) is 0 Å². The Labute approximate surface area is 112 Å². The number of morpholine rings is 1. The minimum atomic E-state index is -0.164. The number of ether oxygens (including phenoxy) is 1. The Balaban J connectivity index is 1.93. The standard InChI is InChI=1S/C11H14BrNO3S/c12-9-1-4-17-11(9)10(15)6-13-2-3-16-8(5-13)7-14/h1,4,8,14H,2-3,5-7H2. The summed E-state index contributed by atoms with van der Waals surface area (Å²) in [4.78, 5) is 14.8. The molecular formula is C11H14BrNO3S. The van der Waals surface area contributed by atoms with Crippen molar-refractivity contribution in [1.29, 1.82) is 0 Å². The van der Waals surface area contributed by atoms with Crippen LogP contribution >= 0.6 is 27.3 Å². The number of halogens is 1. The smallest absolute Gasteiger partial charge is 0.187 e. The Bertz CT molecular complexity index is 396. The molecule has 1 unspecified atom stereocenters. The summed E-state index contributed by atoms with van der Waals surface area (Å²) in [6, 6.07) is 1.88. The number of nitrogens with zero attached hydrogens (tertiary/aromatic N) is 1. The number of ketones is 1. The number of hydrogen-bond acceptors (Lipinski definition) is 5. The molecule has 1 saturated heterocycles. The zero-order chi connectivity index (χ0) is 12.3. The Morgan fingerprint density at radius 3 is 3.18 bits per heavy atom. The van der Waals surface area contributed by atoms with Crippen LogP contribution in [0.15, 0.2) is 15.9 Å². The van der Waals surface area contributed by atoms with Gasteiger partial charge in [-0.1, -0.05) is 0 Å². The number of carbonyl (C=O) groups excluding carboxylic acids is 1. The normalized spacial score (nSPS) is 21.6. The van der Waals surface area contributed by atoms with Crippen LogP contribution in [0.3, 0.4) is 0 Å². The number of hydrogen-bond donors (Lipinski definition) is 1. The van der Waals surface area contributed by atoms with Crippen LogP contribution in [-0.2, 0) is 4.74 Å². The molecule has 0 saturated carbocycles. The molecule has 0 radical (unpaired) electrons. The van der Waals surface area contributed by atoms with Gasteiger partial charge < -0.3 is 9.84 Å². The molecule has 6 heteroatoms. The highest BCUT2D eigenvalue weighted by molar-refractivity contribution is 9.10. The van der Waals surface area contributed by atoms with Crippen molar-refractivity contribution < 1.29 is 14.6 Å². The number of rotatable bonds is 4. The quantitative estimate of drug-likeness (QED) is 0.852. The van der Waals surface area contributed by atoms with Crippen LogP contribution in [0.5, 0.6) is 0 Å².